The minimum Gasteiger partial charge on any atom is -0.453 e. The molecule has 3 aromatic carbocycles. The lowest BCUT2D eigenvalue weighted by Crippen LogP contribution is -2.57. The van der Waals surface area contributed by atoms with Gasteiger partial charge in [0, 0.05) is 5.56 Å². The van der Waals surface area contributed by atoms with E-state index in [-0.39, 0.29) is 5.78 Å². The highest BCUT2D eigenvalue weighted by molar-refractivity contribution is 6.36. The third-order valence-corrected chi connectivity index (χ3v) is 9.35. The Bertz CT molecular complexity index is 1400. The molecule has 0 aromatic heterocycles. The highest BCUT2D eigenvalue weighted by Gasteiger charge is 2.73. The smallest absolute Gasteiger partial charge is 0.329 e. The fourth-order valence-corrected chi connectivity index (χ4v) is 7.44. The summed E-state index contributed by atoms with van der Waals surface area (Å²) in [4.78, 5) is 52.1. The molecule has 2 bridgehead atoms. The van der Waals surface area contributed by atoms with Gasteiger partial charge >= 0.3 is 5.97 Å². The van der Waals surface area contributed by atoms with Gasteiger partial charge in [-0.25, -0.2) is 4.79 Å². The number of imide groups is 1. The van der Waals surface area contributed by atoms with Gasteiger partial charge in [0.05, 0.1) is 11.8 Å². The molecule has 38 heavy (non-hydrogen) atoms. The first-order valence-corrected chi connectivity index (χ1v) is 13.1. The van der Waals surface area contributed by atoms with Gasteiger partial charge in [0.2, 0.25) is 17.6 Å². The van der Waals surface area contributed by atoms with Crippen molar-refractivity contribution >= 4 is 46.8 Å². The van der Waals surface area contributed by atoms with E-state index in [4.69, 9.17) is 27.9 Å². The van der Waals surface area contributed by atoms with Gasteiger partial charge in [0.15, 0.2) is 6.10 Å². The maximum Gasteiger partial charge on any atom is 0.329 e. The van der Waals surface area contributed by atoms with Crippen molar-refractivity contribution in [2.24, 2.45) is 11.8 Å². The molecule has 1 aliphatic heterocycles. The van der Waals surface area contributed by atoms with E-state index in [1.54, 1.807) is 30.3 Å². The summed E-state index contributed by atoms with van der Waals surface area (Å²) in [6, 6.07) is 21.8. The van der Waals surface area contributed by atoms with Crippen LogP contribution in [0, 0.1) is 11.8 Å². The molecule has 0 unspecified atom stereocenters. The molecule has 3 aromatic rings. The van der Waals surface area contributed by atoms with Crippen LogP contribution in [0.25, 0.3) is 0 Å². The Hall–Kier alpha value is -3.48. The molecular weight excluding hydrogens is 525 g/mol. The third-order valence-electron chi connectivity index (χ3n) is 8.07. The predicted molar refractivity (Wildman–Crippen MR) is 141 cm³/mol. The van der Waals surface area contributed by atoms with Gasteiger partial charge in [-0.1, -0.05) is 78.9 Å². The standard InChI is InChI=1S/C30H23Cl2NO5/c1-16(28(37)38-17(2)25(34)18-10-4-3-5-11-18)33-26(35)23-24(27(33)36)30(32)20-13-7-6-12-19(20)29(23,31)21-14-8-9-15-22(21)30/h3-17,23-24H,1-2H3/t16-,17+,23-,24+,29?,30?/m1/s1. The van der Waals surface area contributed by atoms with E-state index in [0.29, 0.717) is 27.8 Å². The predicted octanol–water partition coefficient (Wildman–Crippen LogP) is 4.78. The molecule has 0 saturated carbocycles. The van der Waals surface area contributed by atoms with Gasteiger partial charge < -0.3 is 4.74 Å². The number of alkyl halides is 2. The minimum absolute atomic E-state index is 0.387. The monoisotopic (exact) mass is 547 g/mol. The SMILES string of the molecule is C[C@H](OC(=O)[C@@H](C)N1C(=O)[C@@H]2[C@H](C1=O)C1(Cl)c3ccccc3C2(Cl)c2ccccc21)C(=O)c1ccccc1. The molecule has 6 nitrogen and oxygen atoms in total. The Morgan fingerprint density at radius 3 is 1.55 bits per heavy atom. The molecule has 4 atom stereocenters. The van der Waals surface area contributed by atoms with E-state index >= 15 is 0 Å². The van der Waals surface area contributed by atoms with Crippen molar-refractivity contribution in [1.29, 1.82) is 0 Å². The molecule has 0 spiro atoms. The molecule has 1 heterocycles. The van der Waals surface area contributed by atoms with Crippen LogP contribution in [-0.4, -0.2) is 40.6 Å². The Morgan fingerprint density at radius 1 is 0.737 bits per heavy atom. The molecule has 192 valence electrons. The van der Waals surface area contributed by atoms with Gasteiger partial charge in [0.1, 0.15) is 15.8 Å². The molecule has 1 fully saturated rings. The van der Waals surface area contributed by atoms with Crippen LogP contribution < -0.4 is 0 Å². The molecule has 8 heteroatoms. The first kappa shape index (κ1) is 24.8. The zero-order chi connectivity index (χ0) is 27.0. The van der Waals surface area contributed by atoms with E-state index < -0.39 is 51.5 Å². The van der Waals surface area contributed by atoms with Crippen LogP contribution in [0.2, 0.25) is 0 Å². The number of hydrogen-bond acceptors (Lipinski definition) is 5. The van der Waals surface area contributed by atoms with Crippen LogP contribution in [0.1, 0.15) is 46.5 Å². The van der Waals surface area contributed by atoms with Crippen molar-refractivity contribution < 1.29 is 23.9 Å². The number of benzene rings is 3. The average molecular weight is 548 g/mol. The summed E-state index contributed by atoms with van der Waals surface area (Å²) < 4.78 is 5.43. The van der Waals surface area contributed by atoms with Crippen molar-refractivity contribution in [3.63, 3.8) is 0 Å². The first-order valence-electron chi connectivity index (χ1n) is 12.4. The van der Waals surface area contributed by atoms with E-state index in [1.807, 2.05) is 48.5 Å². The molecule has 7 rings (SSSR count). The van der Waals surface area contributed by atoms with Gasteiger partial charge in [-0.2, -0.15) is 0 Å². The minimum atomic E-state index is -1.34. The number of amides is 2. The van der Waals surface area contributed by atoms with Gasteiger partial charge in [-0.15, -0.1) is 23.2 Å². The van der Waals surface area contributed by atoms with Gasteiger partial charge in [0.25, 0.3) is 0 Å². The van der Waals surface area contributed by atoms with E-state index in [2.05, 4.69) is 0 Å². The lowest BCUT2D eigenvalue weighted by Gasteiger charge is -2.54. The maximum absolute atomic E-state index is 14.0. The van der Waals surface area contributed by atoms with E-state index in [1.165, 1.54) is 13.8 Å². The number of carbonyl (C=O) groups is 4. The largest absolute Gasteiger partial charge is 0.453 e. The number of ether oxygens (including phenoxy) is 1. The number of likely N-dealkylation sites (tertiary alicyclic amines) is 1. The third kappa shape index (κ3) is 3.07. The van der Waals surface area contributed by atoms with Gasteiger partial charge in [-0.3, -0.25) is 19.3 Å². The van der Waals surface area contributed by atoms with Crippen molar-refractivity contribution in [2.45, 2.75) is 35.7 Å². The number of rotatable bonds is 5. The Kier molecular flexibility index (Phi) is 5.57. The summed E-state index contributed by atoms with van der Waals surface area (Å²) in [5, 5.41) is 0. The lowest BCUT2D eigenvalue weighted by atomic mass is 9.54. The van der Waals surface area contributed by atoms with Crippen LogP contribution >= 0.6 is 23.2 Å². The van der Waals surface area contributed by atoms with Crippen LogP contribution in [0.15, 0.2) is 78.9 Å². The highest BCUT2D eigenvalue weighted by Crippen LogP contribution is 2.69. The van der Waals surface area contributed by atoms with Crippen molar-refractivity contribution in [2.75, 3.05) is 0 Å². The van der Waals surface area contributed by atoms with Crippen molar-refractivity contribution in [1.82, 2.24) is 4.90 Å². The van der Waals surface area contributed by atoms with Crippen LogP contribution in [0.3, 0.4) is 0 Å². The highest BCUT2D eigenvalue weighted by atomic mass is 35.5. The number of ketones is 1. The molecule has 0 radical (unpaired) electrons. The van der Waals surface area contributed by atoms with Gasteiger partial charge in [-0.05, 0) is 36.1 Å². The summed E-state index contributed by atoms with van der Waals surface area (Å²) in [5.41, 5.74) is 3.10. The normalized spacial score (nSPS) is 28.3. The number of esters is 1. The number of hydrogen-bond donors (Lipinski definition) is 0. The summed E-state index contributed by atoms with van der Waals surface area (Å²) >= 11 is 14.8. The average Bonchev–Trinajstić information content (AvgIpc) is 3.22. The molecule has 0 N–H and O–H groups in total. The molecule has 4 aliphatic rings. The fourth-order valence-electron chi connectivity index (χ4n) is 6.34. The molecular formula is C30H23Cl2NO5. The van der Waals surface area contributed by atoms with Crippen LogP contribution in [0.4, 0.5) is 0 Å². The summed E-state index contributed by atoms with van der Waals surface area (Å²) in [6.07, 6.45) is -1.11. The van der Waals surface area contributed by atoms with Crippen molar-refractivity contribution in [3.05, 3.63) is 107 Å². The molecule has 3 aliphatic carbocycles. The summed E-state index contributed by atoms with van der Waals surface area (Å²) in [7, 11) is 0. The van der Waals surface area contributed by atoms with Crippen molar-refractivity contribution in [3.8, 4) is 0 Å². The number of nitrogens with zero attached hydrogens (tertiary/aromatic N) is 1. The fraction of sp³-hybridized carbons (Fsp3) is 0.267. The number of carbonyl (C=O) groups excluding carboxylic acids is 4. The second-order valence-electron chi connectivity index (χ2n) is 10.0. The van der Waals surface area contributed by atoms with Crippen LogP contribution in [0.5, 0.6) is 0 Å². The molecule has 1 saturated heterocycles. The topological polar surface area (TPSA) is 80.8 Å². The van der Waals surface area contributed by atoms with Crippen LogP contribution in [-0.2, 0) is 28.9 Å². The number of halogens is 2. The second-order valence-corrected chi connectivity index (χ2v) is 11.2. The zero-order valence-electron chi connectivity index (χ0n) is 20.6. The Labute approximate surface area is 229 Å². The lowest BCUT2D eigenvalue weighted by molar-refractivity contribution is -0.159. The first-order chi connectivity index (χ1) is 18.1. The van der Waals surface area contributed by atoms with E-state index in [9.17, 15) is 19.2 Å². The zero-order valence-corrected chi connectivity index (χ0v) is 22.1. The summed E-state index contributed by atoms with van der Waals surface area (Å²) in [5.74, 6) is -4.46. The summed E-state index contributed by atoms with van der Waals surface area (Å²) in [6.45, 7) is 2.88. The Morgan fingerprint density at radius 2 is 1.13 bits per heavy atom. The maximum atomic E-state index is 14.0. The quantitative estimate of drug-likeness (QED) is 0.199. The van der Waals surface area contributed by atoms with E-state index in [0.717, 1.165) is 4.90 Å². The number of Topliss-reactive ketones (excluding diaryl/α,β-unsaturated/α-hetero) is 1. The molecule has 2 amide bonds. The second kappa shape index (κ2) is 8.52. The Balaban J connectivity index is 1.36.